The molecule has 0 aliphatic carbocycles. The van der Waals surface area contributed by atoms with Crippen molar-refractivity contribution in [1.29, 1.82) is 0 Å². The van der Waals surface area contributed by atoms with E-state index in [2.05, 4.69) is 4.98 Å². The molecule has 1 aliphatic rings. The molecule has 29 heavy (non-hydrogen) atoms. The van der Waals surface area contributed by atoms with Crippen LogP contribution in [0.3, 0.4) is 0 Å². The first kappa shape index (κ1) is 21.2. The lowest BCUT2D eigenvalue weighted by atomic mass is 9.91. The first-order valence-electron chi connectivity index (χ1n) is 10.0. The Morgan fingerprint density at radius 2 is 1.93 bits per heavy atom. The molecule has 1 aliphatic heterocycles. The Kier molecular flexibility index (Phi) is 7.95. The van der Waals surface area contributed by atoms with Crippen molar-refractivity contribution in [3.05, 3.63) is 53.6 Å². The van der Waals surface area contributed by atoms with Gasteiger partial charge in [-0.1, -0.05) is 18.2 Å². The highest BCUT2D eigenvalue weighted by Crippen LogP contribution is 2.29. The van der Waals surface area contributed by atoms with Gasteiger partial charge in [-0.15, -0.1) is 0 Å². The highest BCUT2D eigenvalue weighted by Gasteiger charge is 2.26. The lowest BCUT2D eigenvalue weighted by Crippen LogP contribution is -2.40. The number of para-hydroxylation sites is 1. The van der Waals surface area contributed by atoms with Gasteiger partial charge in [0.15, 0.2) is 6.61 Å². The topological polar surface area (TPSA) is 73.8 Å². The summed E-state index contributed by atoms with van der Waals surface area (Å²) in [6, 6.07) is 9.42. The van der Waals surface area contributed by atoms with Crippen LogP contribution in [0.15, 0.2) is 36.5 Å². The zero-order chi connectivity index (χ0) is 20.5. The summed E-state index contributed by atoms with van der Waals surface area (Å²) in [4.78, 5) is 23.4. The molecule has 0 radical (unpaired) electrons. The van der Waals surface area contributed by atoms with Gasteiger partial charge >= 0.3 is 0 Å². The van der Waals surface area contributed by atoms with Crippen molar-refractivity contribution in [2.75, 3.05) is 40.0 Å². The number of carbonyl (C=O) groups excluding carboxylic acids is 1. The third-order valence-electron chi connectivity index (χ3n) is 5.05. The molecule has 0 unspecified atom stereocenters. The molecule has 1 amide bonds. The van der Waals surface area contributed by atoms with E-state index in [4.69, 9.17) is 19.2 Å². The van der Waals surface area contributed by atoms with E-state index < -0.39 is 0 Å². The molecule has 1 aromatic heterocycles. The van der Waals surface area contributed by atoms with Crippen LogP contribution in [-0.4, -0.2) is 60.8 Å². The number of benzene rings is 1. The van der Waals surface area contributed by atoms with E-state index in [1.807, 2.05) is 48.4 Å². The van der Waals surface area contributed by atoms with Crippen molar-refractivity contribution in [3.63, 3.8) is 0 Å². The van der Waals surface area contributed by atoms with Crippen LogP contribution in [0.5, 0.6) is 5.75 Å². The van der Waals surface area contributed by atoms with E-state index in [0.717, 1.165) is 29.9 Å². The molecule has 0 saturated carbocycles. The summed E-state index contributed by atoms with van der Waals surface area (Å²) in [7, 11) is 1.66. The Balaban J connectivity index is 1.53. The molecule has 0 atom stereocenters. The summed E-state index contributed by atoms with van der Waals surface area (Å²) in [5, 5.41) is 0. The SMILES string of the molecule is COCCOCc1cnc(C)nc1C1CCN(C(=O)COc2ccccc2)CC1. The van der Waals surface area contributed by atoms with E-state index >= 15 is 0 Å². The molecule has 3 rings (SSSR count). The van der Waals surface area contributed by atoms with Crippen LogP contribution in [0.25, 0.3) is 0 Å². The third kappa shape index (κ3) is 6.24. The van der Waals surface area contributed by atoms with Gasteiger partial charge in [0.1, 0.15) is 11.6 Å². The number of carbonyl (C=O) groups is 1. The monoisotopic (exact) mass is 399 g/mol. The average molecular weight is 399 g/mol. The van der Waals surface area contributed by atoms with Crippen LogP contribution in [0.4, 0.5) is 0 Å². The molecule has 7 nitrogen and oxygen atoms in total. The molecule has 1 fully saturated rings. The number of aromatic nitrogens is 2. The van der Waals surface area contributed by atoms with Crippen LogP contribution in [0.1, 0.15) is 35.8 Å². The maximum absolute atomic E-state index is 12.5. The van der Waals surface area contributed by atoms with E-state index in [9.17, 15) is 4.79 Å². The molecule has 0 spiro atoms. The van der Waals surface area contributed by atoms with Crippen LogP contribution < -0.4 is 4.74 Å². The van der Waals surface area contributed by atoms with Gasteiger partial charge in [0.2, 0.25) is 0 Å². The first-order chi connectivity index (χ1) is 14.2. The van der Waals surface area contributed by atoms with Crippen LogP contribution >= 0.6 is 0 Å². The quantitative estimate of drug-likeness (QED) is 0.604. The smallest absolute Gasteiger partial charge is 0.260 e. The van der Waals surface area contributed by atoms with Gasteiger partial charge in [0.05, 0.1) is 25.5 Å². The number of amides is 1. The van der Waals surface area contributed by atoms with Crippen molar-refractivity contribution in [1.82, 2.24) is 14.9 Å². The van der Waals surface area contributed by atoms with Crippen LogP contribution in [0.2, 0.25) is 0 Å². The fourth-order valence-electron chi connectivity index (χ4n) is 3.46. The Morgan fingerprint density at radius 1 is 1.17 bits per heavy atom. The fraction of sp³-hybridized carbons (Fsp3) is 0.500. The van der Waals surface area contributed by atoms with E-state index in [1.165, 1.54) is 0 Å². The van der Waals surface area contributed by atoms with Gasteiger partial charge in [0.25, 0.3) is 5.91 Å². The largest absolute Gasteiger partial charge is 0.484 e. The second-order valence-corrected chi connectivity index (χ2v) is 7.13. The van der Waals surface area contributed by atoms with E-state index in [0.29, 0.717) is 44.6 Å². The van der Waals surface area contributed by atoms with Gasteiger partial charge in [-0.3, -0.25) is 4.79 Å². The van der Waals surface area contributed by atoms with Crippen LogP contribution in [-0.2, 0) is 20.9 Å². The van der Waals surface area contributed by atoms with E-state index in [-0.39, 0.29) is 12.5 Å². The summed E-state index contributed by atoms with van der Waals surface area (Å²) in [6.45, 7) is 4.96. The minimum atomic E-state index is 0.0225. The maximum Gasteiger partial charge on any atom is 0.260 e. The summed E-state index contributed by atoms with van der Waals surface area (Å²) < 4.78 is 16.3. The predicted octanol–water partition coefficient (Wildman–Crippen LogP) is 2.73. The number of nitrogens with zero attached hydrogens (tertiary/aromatic N) is 3. The minimum absolute atomic E-state index is 0.0225. The number of piperidine rings is 1. The number of methoxy groups -OCH3 is 1. The van der Waals surface area contributed by atoms with Gasteiger partial charge in [-0.05, 0) is 31.9 Å². The second kappa shape index (κ2) is 10.9. The molecule has 156 valence electrons. The molecule has 2 aromatic rings. The zero-order valence-corrected chi connectivity index (χ0v) is 17.2. The van der Waals surface area contributed by atoms with Crippen molar-refractivity contribution in [2.24, 2.45) is 0 Å². The van der Waals surface area contributed by atoms with E-state index in [1.54, 1.807) is 7.11 Å². The number of likely N-dealkylation sites (tertiary alicyclic amines) is 1. The molecule has 1 saturated heterocycles. The van der Waals surface area contributed by atoms with Gasteiger partial charge in [0, 0.05) is 37.9 Å². The van der Waals surface area contributed by atoms with Crippen molar-refractivity contribution < 1.29 is 19.0 Å². The van der Waals surface area contributed by atoms with Crippen LogP contribution in [0, 0.1) is 6.92 Å². The molecule has 2 heterocycles. The average Bonchev–Trinajstić information content (AvgIpc) is 2.76. The van der Waals surface area contributed by atoms with Gasteiger partial charge in [-0.25, -0.2) is 9.97 Å². The molecule has 1 aromatic carbocycles. The highest BCUT2D eigenvalue weighted by atomic mass is 16.5. The third-order valence-corrected chi connectivity index (χ3v) is 5.05. The van der Waals surface area contributed by atoms with Crippen molar-refractivity contribution in [2.45, 2.75) is 32.3 Å². The summed E-state index contributed by atoms with van der Waals surface area (Å²) in [5.41, 5.74) is 2.06. The first-order valence-corrected chi connectivity index (χ1v) is 10.0. The Hall–Kier alpha value is -2.51. The normalized spacial score (nSPS) is 14.8. The summed E-state index contributed by atoms with van der Waals surface area (Å²) >= 11 is 0. The van der Waals surface area contributed by atoms with Gasteiger partial charge < -0.3 is 19.1 Å². The molecule has 0 N–H and O–H groups in total. The molecular weight excluding hydrogens is 370 g/mol. The fourth-order valence-corrected chi connectivity index (χ4v) is 3.46. The van der Waals surface area contributed by atoms with Crippen molar-refractivity contribution >= 4 is 5.91 Å². The Labute approximate surface area is 172 Å². The lowest BCUT2D eigenvalue weighted by molar-refractivity contribution is -0.134. The maximum atomic E-state index is 12.5. The van der Waals surface area contributed by atoms with Gasteiger partial charge in [-0.2, -0.15) is 0 Å². The Morgan fingerprint density at radius 3 is 2.66 bits per heavy atom. The number of hydrogen-bond donors (Lipinski definition) is 0. The number of ether oxygens (including phenoxy) is 3. The zero-order valence-electron chi connectivity index (χ0n) is 17.2. The highest BCUT2D eigenvalue weighted by molar-refractivity contribution is 5.77. The predicted molar refractivity (Wildman–Crippen MR) is 109 cm³/mol. The number of hydrogen-bond acceptors (Lipinski definition) is 6. The number of rotatable bonds is 9. The number of aryl methyl sites for hydroxylation is 1. The summed E-state index contributed by atoms with van der Waals surface area (Å²) in [6.07, 6.45) is 3.60. The minimum Gasteiger partial charge on any atom is -0.484 e. The Bertz CT molecular complexity index is 777. The van der Waals surface area contributed by atoms with Crippen molar-refractivity contribution in [3.8, 4) is 5.75 Å². The molecule has 0 bridgehead atoms. The molecular formula is C22H29N3O4. The second-order valence-electron chi connectivity index (χ2n) is 7.13. The summed E-state index contributed by atoms with van der Waals surface area (Å²) in [5.74, 6) is 1.80. The standard InChI is InChI=1S/C22H29N3O4/c1-17-23-14-19(15-28-13-12-27-2)22(24-17)18-8-10-25(11-9-18)21(26)16-29-20-6-4-3-5-7-20/h3-7,14,18H,8-13,15-16H2,1-2H3. The molecule has 7 heteroatoms. The lowest BCUT2D eigenvalue weighted by Gasteiger charge is -2.32.